The van der Waals surface area contributed by atoms with E-state index in [-0.39, 0.29) is 17.0 Å². The number of methoxy groups -OCH3 is 1. The van der Waals surface area contributed by atoms with Gasteiger partial charge in [-0.15, -0.1) is 0 Å². The van der Waals surface area contributed by atoms with Gasteiger partial charge in [-0.25, -0.2) is 18.0 Å². The number of sulfonamides is 1. The van der Waals surface area contributed by atoms with Gasteiger partial charge in [0.1, 0.15) is 0 Å². The maximum absolute atomic E-state index is 13.5. The van der Waals surface area contributed by atoms with E-state index in [0.717, 1.165) is 5.56 Å². The van der Waals surface area contributed by atoms with Gasteiger partial charge in [0.2, 0.25) is 0 Å². The fraction of sp³-hybridized carbons (Fsp3) is 0.130. The van der Waals surface area contributed by atoms with E-state index in [4.69, 9.17) is 4.74 Å². The lowest BCUT2D eigenvalue weighted by Crippen LogP contribution is -2.30. The van der Waals surface area contributed by atoms with Crippen LogP contribution >= 0.6 is 0 Å². The van der Waals surface area contributed by atoms with Crippen molar-refractivity contribution in [2.45, 2.75) is 11.4 Å². The summed E-state index contributed by atoms with van der Waals surface area (Å²) in [6.07, 6.45) is 0. The Hall–Kier alpha value is -3.65. The molecule has 160 valence electrons. The van der Waals surface area contributed by atoms with E-state index < -0.39 is 28.6 Å². The Bertz CT molecular complexity index is 1150. The zero-order chi connectivity index (χ0) is 22.3. The highest BCUT2D eigenvalue weighted by molar-refractivity contribution is 7.92. The predicted octanol–water partition coefficient (Wildman–Crippen LogP) is 3.41. The summed E-state index contributed by atoms with van der Waals surface area (Å²) in [5.74, 6) is -1.54. The van der Waals surface area contributed by atoms with E-state index in [9.17, 15) is 18.0 Å². The monoisotopic (exact) mass is 439 g/mol. The number of nitrogens with zero attached hydrogens (tertiary/aromatic N) is 1. The largest absolute Gasteiger partial charge is 0.466 e. The van der Waals surface area contributed by atoms with Crippen LogP contribution in [0.1, 0.15) is 15.9 Å². The molecule has 0 heterocycles. The fourth-order valence-electron chi connectivity index (χ4n) is 2.84. The molecule has 7 nitrogen and oxygen atoms in total. The Balaban J connectivity index is 1.94. The fourth-order valence-corrected chi connectivity index (χ4v) is 4.34. The van der Waals surface area contributed by atoms with Crippen molar-refractivity contribution < 1.29 is 27.5 Å². The molecule has 3 rings (SSSR count). The van der Waals surface area contributed by atoms with Gasteiger partial charge in [0.25, 0.3) is 10.0 Å². The number of hydrogen-bond acceptors (Lipinski definition) is 6. The van der Waals surface area contributed by atoms with E-state index in [1.807, 2.05) is 30.3 Å². The molecule has 0 saturated heterocycles. The molecule has 0 bridgehead atoms. The van der Waals surface area contributed by atoms with Crippen molar-refractivity contribution in [2.75, 3.05) is 18.0 Å². The van der Waals surface area contributed by atoms with Crippen molar-refractivity contribution in [2.24, 2.45) is 0 Å². The van der Waals surface area contributed by atoms with Crippen LogP contribution in [0.15, 0.2) is 89.8 Å². The van der Waals surface area contributed by atoms with Crippen molar-refractivity contribution in [3.63, 3.8) is 0 Å². The number of carbonyl (C=O) groups excluding carboxylic acids is 2. The molecule has 0 atom stereocenters. The summed E-state index contributed by atoms with van der Waals surface area (Å²) in [4.78, 5) is 23.4. The lowest BCUT2D eigenvalue weighted by atomic mass is 10.2. The third-order valence-corrected chi connectivity index (χ3v) is 6.19. The Kier molecular flexibility index (Phi) is 7.04. The summed E-state index contributed by atoms with van der Waals surface area (Å²) >= 11 is 0. The van der Waals surface area contributed by atoms with E-state index in [2.05, 4.69) is 4.74 Å². The highest BCUT2D eigenvalue weighted by Crippen LogP contribution is 2.26. The molecule has 0 aromatic heterocycles. The summed E-state index contributed by atoms with van der Waals surface area (Å²) in [5.41, 5.74) is 1.31. The number of hydrogen-bond donors (Lipinski definition) is 0. The average Bonchev–Trinajstić information content (AvgIpc) is 2.82. The van der Waals surface area contributed by atoms with Crippen LogP contribution in [0.4, 0.5) is 5.69 Å². The molecule has 0 N–H and O–H groups in total. The van der Waals surface area contributed by atoms with Gasteiger partial charge in [0.05, 0.1) is 29.8 Å². The van der Waals surface area contributed by atoms with Crippen molar-refractivity contribution in [3.05, 3.63) is 96.1 Å². The SMILES string of the molecule is COC(=O)COC(=O)c1cccc(S(=O)(=O)N(Cc2ccccc2)c2ccccc2)c1. The molecule has 3 aromatic rings. The lowest BCUT2D eigenvalue weighted by molar-refractivity contribution is -0.144. The summed E-state index contributed by atoms with van der Waals surface area (Å²) in [7, 11) is -2.84. The molecule has 0 aliphatic carbocycles. The second-order valence-electron chi connectivity index (χ2n) is 6.51. The molecule has 0 unspecified atom stereocenters. The normalized spacial score (nSPS) is 10.9. The van der Waals surface area contributed by atoms with E-state index in [0.29, 0.717) is 5.69 Å². The van der Waals surface area contributed by atoms with Gasteiger partial charge in [-0.05, 0) is 35.9 Å². The topological polar surface area (TPSA) is 90.0 Å². The molecule has 31 heavy (non-hydrogen) atoms. The first kappa shape index (κ1) is 22.0. The summed E-state index contributed by atoms with van der Waals surface area (Å²) in [6, 6.07) is 23.4. The molecule has 0 aliphatic rings. The summed E-state index contributed by atoms with van der Waals surface area (Å²) in [6.45, 7) is -0.444. The van der Waals surface area contributed by atoms with Gasteiger partial charge in [0.15, 0.2) is 6.61 Å². The van der Waals surface area contributed by atoms with Crippen LogP contribution in [0.5, 0.6) is 0 Å². The third kappa shape index (κ3) is 5.49. The summed E-state index contributed by atoms with van der Waals surface area (Å²) < 4.78 is 37.6. The van der Waals surface area contributed by atoms with Gasteiger partial charge in [-0.3, -0.25) is 4.31 Å². The first-order valence-corrected chi connectivity index (χ1v) is 10.8. The molecular weight excluding hydrogens is 418 g/mol. The number of carbonyl (C=O) groups is 2. The third-order valence-electron chi connectivity index (χ3n) is 4.42. The van der Waals surface area contributed by atoms with Crippen LogP contribution in [-0.2, 0) is 30.8 Å². The zero-order valence-corrected chi connectivity index (χ0v) is 17.6. The highest BCUT2D eigenvalue weighted by atomic mass is 32.2. The van der Waals surface area contributed by atoms with Gasteiger partial charge in [-0.2, -0.15) is 0 Å². The van der Waals surface area contributed by atoms with Crippen molar-refractivity contribution in [3.8, 4) is 0 Å². The highest BCUT2D eigenvalue weighted by Gasteiger charge is 2.26. The molecule has 3 aromatic carbocycles. The van der Waals surface area contributed by atoms with Crippen LogP contribution < -0.4 is 4.31 Å². The molecule has 0 amide bonds. The second kappa shape index (κ2) is 9.90. The number of benzene rings is 3. The molecule has 8 heteroatoms. The van der Waals surface area contributed by atoms with E-state index in [1.54, 1.807) is 30.3 Å². The second-order valence-corrected chi connectivity index (χ2v) is 8.38. The van der Waals surface area contributed by atoms with E-state index >= 15 is 0 Å². The van der Waals surface area contributed by atoms with Gasteiger partial charge < -0.3 is 9.47 Å². The zero-order valence-electron chi connectivity index (χ0n) is 16.8. The lowest BCUT2D eigenvalue weighted by Gasteiger charge is -2.25. The summed E-state index contributed by atoms with van der Waals surface area (Å²) in [5, 5.41) is 0. The average molecular weight is 439 g/mol. The Morgan fingerprint density at radius 3 is 2.16 bits per heavy atom. The number of rotatable bonds is 8. The maximum Gasteiger partial charge on any atom is 0.344 e. The quantitative estimate of drug-likeness (QED) is 0.500. The molecule has 0 spiro atoms. The minimum atomic E-state index is -4.01. The van der Waals surface area contributed by atoms with Crippen molar-refractivity contribution in [1.82, 2.24) is 0 Å². The standard InChI is InChI=1S/C23H21NO6S/c1-29-22(25)17-30-23(26)19-11-8-14-21(15-19)31(27,28)24(20-12-6-3-7-13-20)16-18-9-4-2-5-10-18/h2-15H,16-17H2,1H3. The minimum absolute atomic E-state index is 0.0118. The van der Waals surface area contributed by atoms with Crippen LogP contribution in [0.3, 0.4) is 0 Å². The Labute approximate surface area is 180 Å². The predicted molar refractivity (Wildman–Crippen MR) is 115 cm³/mol. The molecule has 0 radical (unpaired) electrons. The minimum Gasteiger partial charge on any atom is -0.466 e. The molecule has 0 aliphatic heterocycles. The molecule has 0 fully saturated rings. The number of ether oxygens (including phenoxy) is 2. The van der Waals surface area contributed by atoms with E-state index in [1.165, 1.54) is 35.7 Å². The van der Waals surface area contributed by atoms with Crippen LogP contribution in [-0.4, -0.2) is 34.1 Å². The van der Waals surface area contributed by atoms with Crippen molar-refractivity contribution >= 4 is 27.6 Å². The van der Waals surface area contributed by atoms with Gasteiger partial charge in [0, 0.05) is 0 Å². The number of para-hydroxylation sites is 1. The van der Waals surface area contributed by atoms with Crippen LogP contribution in [0.25, 0.3) is 0 Å². The Morgan fingerprint density at radius 1 is 0.871 bits per heavy atom. The maximum atomic E-state index is 13.5. The number of esters is 2. The first-order chi connectivity index (χ1) is 14.9. The smallest absolute Gasteiger partial charge is 0.344 e. The van der Waals surface area contributed by atoms with Crippen molar-refractivity contribution in [1.29, 1.82) is 0 Å². The van der Waals surface area contributed by atoms with Crippen LogP contribution in [0.2, 0.25) is 0 Å². The van der Waals surface area contributed by atoms with Crippen LogP contribution in [0, 0.1) is 0 Å². The molecule has 0 saturated carbocycles. The first-order valence-electron chi connectivity index (χ1n) is 9.37. The Morgan fingerprint density at radius 2 is 1.52 bits per heavy atom. The molecular formula is C23H21NO6S. The number of anilines is 1. The van der Waals surface area contributed by atoms with Gasteiger partial charge in [-0.1, -0.05) is 54.6 Å². The van der Waals surface area contributed by atoms with Gasteiger partial charge >= 0.3 is 11.9 Å².